The SMILES string of the molecule is CC(C)C[C@H](NC(=O)N1CCCC(C(=O)Nc2cnccn2)C1)C(=O)N[C@@H](Cc1ccccc1)C(=O)N[C@@H](CC(C)C)C(=O)[C@@]1(C)CO1. The molecular formula is C35H49N7O6. The van der Waals surface area contributed by atoms with Crippen LogP contribution in [0.25, 0.3) is 0 Å². The average molecular weight is 664 g/mol. The number of Topliss-reactive ketones (excluding diaryl/α,β-unsaturated/α-hetero) is 1. The van der Waals surface area contributed by atoms with Gasteiger partial charge in [-0.15, -0.1) is 0 Å². The van der Waals surface area contributed by atoms with E-state index in [1.165, 1.54) is 18.6 Å². The molecule has 1 aromatic heterocycles. The number of urea groups is 1. The van der Waals surface area contributed by atoms with Gasteiger partial charge in [-0.2, -0.15) is 0 Å². The van der Waals surface area contributed by atoms with Gasteiger partial charge in [0.2, 0.25) is 17.7 Å². The van der Waals surface area contributed by atoms with Crippen LogP contribution >= 0.6 is 0 Å². The van der Waals surface area contributed by atoms with E-state index in [1.54, 1.807) is 11.8 Å². The predicted molar refractivity (Wildman–Crippen MR) is 180 cm³/mol. The lowest BCUT2D eigenvalue weighted by Gasteiger charge is -2.33. The molecule has 0 spiro atoms. The van der Waals surface area contributed by atoms with Crippen LogP contribution < -0.4 is 21.3 Å². The molecule has 3 heterocycles. The first-order valence-electron chi connectivity index (χ1n) is 16.8. The number of benzene rings is 1. The fraction of sp³-hybridized carbons (Fsp3) is 0.571. The van der Waals surface area contributed by atoms with Gasteiger partial charge in [0.15, 0.2) is 11.6 Å². The Morgan fingerprint density at radius 1 is 0.917 bits per heavy atom. The summed E-state index contributed by atoms with van der Waals surface area (Å²) in [6.45, 7) is 10.5. The molecule has 2 aromatic rings. The number of rotatable bonds is 15. The molecule has 0 bridgehead atoms. The van der Waals surface area contributed by atoms with Gasteiger partial charge in [-0.25, -0.2) is 9.78 Å². The normalized spacial score (nSPS) is 20.7. The van der Waals surface area contributed by atoms with Gasteiger partial charge in [-0.05, 0) is 50.0 Å². The molecular weight excluding hydrogens is 614 g/mol. The van der Waals surface area contributed by atoms with Crippen LogP contribution in [0.15, 0.2) is 48.9 Å². The number of aromatic nitrogens is 2. The van der Waals surface area contributed by atoms with E-state index in [1.807, 2.05) is 58.0 Å². The molecule has 2 aliphatic rings. The van der Waals surface area contributed by atoms with Crippen molar-refractivity contribution in [2.75, 3.05) is 25.0 Å². The summed E-state index contributed by atoms with van der Waals surface area (Å²) in [6, 6.07) is 6.11. The molecule has 13 heteroatoms. The highest BCUT2D eigenvalue weighted by Crippen LogP contribution is 2.29. The Morgan fingerprint density at radius 3 is 2.19 bits per heavy atom. The fourth-order valence-corrected chi connectivity index (χ4v) is 5.84. The number of epoxide rings is 1. The first-order chi connectivity index (χ1) is 22.8. The largest absolute Gasteiger partial charge is 0.361 e. The van der Waals surface area contributed by atoms with Gasteiger partial charge in [0.25, 0.3) is 0 Å². The molecule has 1 unspecified atom stereocenters. The van der Waals surface area contributed by atoms with E-state index in [4.69, 9.17) is 4.74 Å². The standard InChI is InChI=1S/C35H49N7O6/c1-22(2)16-26(30(43)35(5)21-48-35)38-33(46)28(18-24-10-7-6-8-11-24)39-32(45)27(17-23(3)4)40-34(47)42-15-9-12-25(20-42)31(44)41-29-19-36-13-14-37-29/h6-8,10-11,13-14,19,22-23,25-28H,9,12,15-18,20-21H2,1-5H3,(H,38,46)(H,39,45)(H,40,47)(H,37,41,44)/t25?,26-,27-,28-,35+/m0/s1. The quantitative estimate of drug-likeness (QED) is 0.211. The number of hydrogen-bond donors (Lipinski definition) is 4. The molecule has 4 N–H and O–H groups in total. The Morgan fingerprint density at radius 2 is 1.56 bits per heavy atom. The van der Waals surface area contributed by atoms with Crippen molar-refractivity contribution in [2.24, 2.45) is 17.8 Å². The van der Waals surface area contributed by atoms with Crippen LogP contribution in [0, 0.1) is 17.8 Å². The number of carbonyl (C=O) groups excluding carboxylic acids is 5. The third kappa shape index (κ3) is 10.6. The lowest BCUT2D eigenvalue weighted by Crippen LogP contribution is -2.59. The molecule has 48 heavy (non-hydrogen) atoms. The van der Waals surface area contributed by atoms with Gasteiger partial charge < -0.3 is 30.9 Å². The van der Waals surface area contributed by atoms with E-state index >= 15 is 0 Å². The van der Waals surface area contributed by atoms with Crippen LogP contribution in [0.3, 0.4) is 0 Å². The maximum atomic E-state index is 13.9. The Kier molecular flexibility index (Phi) is 12.6. The number of carbonyl (C=O) groups is 5. The number of likely N-dealkylation sites (tertiary alicyclic amines) is 1. The predicted octanol–water partition coefficient (Wildman–Crippen LogP) is 2.87. The second-order valence-electron chi connectivity index (χ2n) is 13.8. The molecule has 0 saturated carbocycles. The molecule has 1 aromatic carbocycles. The first-order valence-corrected chi connectivity index (χ1v) is 16.8. The van der Waals surface area contributed by atoms with Crippen molar-refractivity contribution in [3.8, 4) is 0 Å². The van der Waals surface area contributed by atoms with Gasteiger partial charge in [-0.3, -0.25) is 24.2 Å². The lowest BCUT2D eigenvalue weighted by molar-refractivity contribution is -0.133. The fourth-order valence-electron chi connectivity index (χ4n) is 5.84. The third-order valence-corrected chi connectivity index (χ3v) is 8.57. The van der Waals surface area contributed by atoms with Crippen LogP contribution in [0.1, 0.15) is 65.9 Å². The number of ether oxygens (including phenoxy) is 1. The molecule has 13 nitrogen and oxygen atoms in total. The summed E-state index contributed by atoms with van der Waals surface area (Å²) in [6.07, 6.45) is 6.61. The third-order valence-electron chi connectivity index (χ3n) is 8.57. The van der Waals surface area contributed by atoms with Crippen LogP contribution in [0.4, 0.5) is 10.6 Å². The number of hydrogen-bond acceptors (Lipinski definition) is 8. The van der Waals surface area contributed by atoms with Crippen molar-refractivity contribution in [1.29, 1.82) is 0 Å². The summed E-state index contributed by atoms with van der Waals surface area (Å²) in [5, 5.41) is 11.4. The van der Waals surface area contributed by atoms with Crippen molar-refractivity contribution in [3.63, 3.8) is 0 Å². The second-order valence-corrected chi connectivity index (χ2v) is 13.8. The molecule has 2 saturated heterocycles. The molecule has 2 fully saturated rings. The molecule has 0 aliphatic carbocycles. The Hall–Kier alpha value is -4.39. The van der Waals surface area contributed by atoms with E-state index in [2.05, 4.69) is 31.2 Å². The monoisotopic (exact) mass is 663 g/mol. The van der Waals surface area contributed by atoms with E-state index in [-0.39, 0.29) is 36.5 Å². The number of anilines is 1. The second kappa shape index (κ2) is 16.6. The number of ketones is 1. The lowest BCUT2D eigenvalue weighted by atomic mass is 9.93. The minimum Gasteiger partial charge on any atom is -0.361 e. The van der Waals surface area contributed by atoms with Crippen molar-refractivity contribution in [1.82, 2.24) is 30.8 Å². The molecule has 5 atom stereocenters. The van der Waals surface area contributed by atoms with Crippen LogP contribution in [0.2, 0.25) is 0 Å². The molecule has 260 valence electrons. The topological polar surface area (TPSA) is 175 Å². The number of amides is 5. The van der Waals surface area contributed by atoms with Gasteiger partial charge in [0.05, 0.1) is 24.8 Å². The van der Waals surface area contributed by atoms with Crippen molar-refractivity contribution >= 4 is 35.4 Å². The summed E-state index contributed by atoms with van der Waals surface area (Å²) >= 11 is 0. The van der Waals surface area contributed by atoms with Gasteiger partial charge >= 0.3 is 6.03 Å². The molecule has 4 rings (SSSR count). The number of nitrogens with zero attached hydrogens (tertiary/aromatic N) is 3. The highest BCUT2D eigenvalue weighted by Gasteiger charge is 2.50. The Balaban J connectivity index is 1.45. The summed E-state index contributed by atoms with van der Waals surface area (Å²) in [5.74, 6) is -1.39. The Bertz CT molecular complexity index is 1420. The van der Waals surface area contributed by atoms with Crippen molar-refractivity contribution in [3.05, 3.63) is 54.5 Å². The highest BCUT2D eigenvalue weighted by molar-refractivity contribution is 5.98. The first kappa shape index (κ1) is 36.4. The number of piperidine rings is 1. The smallest absolute Gasteiger partial charge is 0.318 e. The van der Waals surface area contributed by atoms with Crippen LogP contribution in [-0.4, -0.2) is 87.8 Å². The summed E-state index contributed by atoms with van der Waals surface area (Å²) in [5.41, 5.74) is -0.0905. The van der Waals surface area contributed by atoms with Crippen LogP contribution in [-0.2, 0) is 30.3 Å². The van der Waals surface area contributed by atoms with Crippen molar-refractivity contribution < 1.29 is 28.7 Å². The maximum Gasteiger partial charge on any atom is 0.318 e. The summed E-state index contributed by atoms with van der Waals surface area (Å²) in [7, 11) is 0. The zero-order valence-electron chi connectivity index (χ0n) is 28.5. The Labute approximate surface area is 282 Å². The van der Waals surface area contributed by atoms with E-state index in [0.29, 0.717) is 44.7 Å². The van der Waals surface area contributed by atoms with E-state index in [9.17, 15) is 24.0 Å². The van der Waals surface area contributed by atoms with E-state index < -0.39 is 47.5 Å². The van der Waals surface area contributed by atoms with Crippen molar-refractivity contribution in [2.45, 2.75) is 90.4 Å². The highest BCUT2D eigenvalue weighted by atomic mass is 16.6. The van der Waals surface area contributed by atoms with E-state index in [0.717, 1.165) is 5.56 Å². The van der Waals surface area contributed by atoms with Gasteiger partial charge in [-0.1, -0.05) is 58.0 Å². The minimum absolute atomic E-state index is 0.0432. The molecule has 5 amide bonds. The maximum absolute atomic E-state index is 13.9. The summed E-state index contributed by atoms with van der Waals surface area (Å²) in [4.78, 5) is 76.9. The van der Waals surface area contributed by atoms with Gasteiger partial charge in [0, 0.05) is 31.9 Å². The average Bonchev–Trinajstić information content (AvgIpc) is 3.82. The summed E-state index contributed by atoms with van der Waals surface area (Å²) < 4.78 is 5.38. The molecule has 2 aliphatic heterocycles. The number of nitrogens with one attached hydrogen (secondary N) is 4. The minimum atomic E-state index is -1.01. The van der Waals surface area contributed by atoms with Crippen LogP contribution in [0.5, 0.6) is 0 Å². The molecule has 0 radical (unpaired) electrons. The van der Waals surface area contributed by atoms with Gasteiger partial charge in [0.1, 0.15) is 17.7 Å². The zero-order chi connectivity index (χ0) is 34.8. The zero-order valence-corrected chi connectivity index (χ0v) is 28.5.